The number of anilines is 1. The molecule has 1 aromatic heterocycles. The van der Waals surface area contributed by atoms with Gasteiger partial charge in [0.1, 0.15) is 5.82 Å². The zero-order valence-corrected chi connectivity index (χ0v) is 13.2. The maximum atomic E-state index is 11.3. The summed E-state index contributed by atoms with van der Waals surface area (Å²) in [6.45, 7) is 10.3. The lowest BCUT2D eigenvalue weighted by atomic mass is 10.1. The molecule has 0 saturated carbocycles. The van der Waals surface area contributed by atoms with Gasteiger partial charge in [0.25, 0.3) is 0 Å². The number of aromatic nitrogens is 1. The van der Waals surface area contributed by atoms with E-state index in [1.54, 1.807) is 12.1 Å². The van der Waals surface area contributed by atoms with Crippen molar-refractivity contribution in [2.24, 2.45) is 0 Å². The molecular weight excluding hydrogens is 266 g/mol. The highest BCUT2D eigenvalue weighted by molar-refractivity contribution is 5.88. The van der Waals surface area contributed by atoms with E-state index in [0.717, 1.165) is 50.5 Å². The molecule has 0 bridgehead atoms. The minimum atomic E-state index is -0.878. The van der Waals surface area contributed by atoms with E-state index in [0.29, 0.717) is 11.6 Å². The van der Waals surface area contributed by atoms with Crippen LogP contribution in [-0.2, 0) is 6.42 Å². The van der Waals surface area contributed by atoms with Crippen molar-refractivity contribution in [3.63, 3.8) is 0 Å². The van der Waals surface area contributed by atoms with Gasteiger partial charge >= 0.3 is 5.97 Å². The summed E-state index contributed by atoms with van der Waals surface area (Å²) in [6, 6.07) is 3.95. The molecule has 0 unspecified atom stereocenters. The monoisotopic (exact) mass is 291 g/mol. The predicted octanol–water partition coefficient (Wildman–Crippen LogP) is 2.26. The van der Waals surface area contributed by atoms with Gasteiger partial charge in [0.15, 0.2) is 0 Å². The minimum absolute atomic E-state index is 0.342. The van der Waals surface area contributed by atoms with Gasteiger partial charge in [-0.25, -0.2) is 9.78 Å². The van der Waals surface area contributed by atoms with Gasteiger partial charge in [-0.1, -0.05) is 13.3 Å². The Morgan fingerprint density at radius 2 is 1.95 bits per heavy atom. The predicted molar refractivity (Wildman–Crippen MR) is 84.1 cm³/mol. The molecule has 1 aliphatic heterocycles. The Balaban J connectivity index is 2.17. The van der Waals surface area contributed by atoms with Gasteiger partial charge in [-0.2, -0.15) is 0 Å². The molecule has 0 radical (unpaired) electrons. The highest BCUT2D eigenvalue weighted by Gasteiger charge is 2.21. The molecule has 1 saturated heterocycles. The Hall–Kier alpha value is -1.62. The zero-order chi connectivity index (χ0) is 15.4. The van der Waals surface area contributed by atoms with Crippen molar-refractivity contribution in [2.75, 3.05) is 31.1 Å². The molecule has 0 spiro atoms. The third-order valence-electron chi connectivity index (χ3n) is 3.99. The van der Waals surface area contributed by atoms with Crippen molar-refractivity contribution in [3.8, 4) is 0 Å². The number of aryl methyl sites for hydroxylation is 1. The molecular formula is C16H25N3O2. The molecule has 5 heteroatoms. The molecule has 2 rings (SSSR count). The summed E-state index contributed by atoms with van der Waals surface area (Å²) in [4.78, 5) is 20.6. The number of aromatic carboxylic acids is 1. The summed E-state index contributed by atoms with van der Waals surface area (Å²) in [5.41, 5.74) is 1.22. The van der Waals surface area contributed by atoms with Crippen LogP contribution in [-0.4, -0.2) is 53.2 Å². The fourth-order valence-corrected chi connectivity index (χ4v) is 2.71. The van der Waals surface area contributed by atoms with E-state index in [9.17, 15) is 9.90 Å². The Bertz CT molecular complexity index is 494. The third kappa shape index (κ3) is 3.94. The Labute approximate surface area is 126 Å². The molecule has 21 heavy (non-hydrogen) atoms. The first-order chi connectivity index (χ1) is 10.0. The number of hydrogen-bond donors (Lipinski definition) is 1. The summed E-state index contributed by atoms with van der Waals surface area (Å²) in [5.74, 6) is -0.0708. The van der Waals surface area contributed by atoms with Gasteiger partial charge in [-0.15, -0.1) is 0 Å². The number of hydrogen-bond acceptors (Lipinski definition) is 4. The van der Waals surface area contributed by atoms with Crippen LogP contribution >= 0.6 is 0 Å². The topological polar surface area (TPSA) is 56.7 Å². The first-order valence-electron chi connectivity index (χ1n) is 7.74. The van der Waals surface area contributed by atoms with Crippen molar-refractivity contribution >= 4 is 11.8 Å². The van der Waals surface area contributed by atoms with Crippen LogP contribution in [0, 0.1) is 0 Å². The van der Waals surface area contributed by atoms with Gasteiger partial charge in [0.2, 0.25) is 0 Å². The molecule has 1 aromatic rings. The second-order valence-corrected chi connectivity index (χ2v) is 5.88. The number of carbonyl (C=O) groups is 1. The number of piperazine rings is 1. The van der Waals surface area contributed by atoms with Crippen LogP contribution in [0.3, 0.4) is 0 Å². The summed E-state index contributed by atoms with van der Waals surface area (Å²) >= 11 is 0. The van der Waals surface area contributed by atoms with Crippen LogP contribution in [0.1, 0.15) is 43.2 Å². The third-order valence-corrected chi connectivity index (χ3v) is 3.99. The molecule has 1 N–H and O–H groups in total. The van der Waals surface area contributed by atoms with E-state index in [4.69, 9.17) is 0 Å². The highest BCUT2D eigenvalue weighted by Crippen LogP contribution is 2.19. The lowest BCUT2D eigenvalue weighted by Crippen LogP contribution is -2.49. The first-order valence-corrected chi connectivity index (χ1v) is 7.74. The van der Waals surface area contributed by atoms with Crippen molar-refractivity contribution in [2.45, 2.75) is 39.7 Å². The van der Waals surface area contributed by atoms with Gasteiger partial charge in [-0.3, -0.25) is 4.90 Å². The van der Waals surface area contributed by atoms with Gasteiger partial charge in [0, 0.05) is 37.9 Å². The molecule has 1 aliphatic rings. The largest absolute Gasteiger partial charge is 0.478 e. The van der Waals surface area contributed by atoms with Gasteiger partial charge in [-0.05, 0) is 32.4 Å². The molecule has 116 valence electrons. The first kappa shape index (κ1) is 15.8. The second-order valence-electron chi connectivity index (χ2n) is 5.88. The summed E-state index contributed by atoms with van der Waals surface area (Å²) in [5, 5.41) is 9.26. The van der Waals surface area contributed by atoms with Crippen molar-refractivity contribution in [1.29, 1.82) is 0 Å². The quantitative estimate of drug-likeness (QED) is 0.902. The van der Waals surface area contributed by atoms with Gasteiger partial charge in [0.05, 0.1) is 5.56 Å². The number of nitrogens with zero attached hydrogens (tertiary/aromatic N) is 3. The normalized spacial score (nSPS) is 16.5. The average Bonchev–Trinajstić information content (AvgIpc) is 2.47. The molecule has 0 amide bonds. The van der Waals surface area contributed by atoms with E-state index >= 15 is 0 Å². The molecule has 1 fully saturated rings. The van der Waals surface area contributed by atoms with Crippen molar-refractivity contribution in [1.82, 2.24) is 9.88 Å². The molecule has 0 aromatic carbocycles. The summed E-state index contributed by atoms with van der Waals surface area (Å²) < 4.78 is 0. The fraction of sp³-hybridized carbons (Fsp3) is 0.625. The minimum Gasteiger partial charge on any atom is -0.478 e. The van der Waals surface area contributed by atoms with Crippen LogP contribution in [0.15, 0.2) is 12.1 Å². The van der Waals surface area contributed by atoms with Crippen LogP contribution in [0.5, 0.6) is 0 Å². The van der Waals surface area contributed by atoms with Crippen LogP contribution in [0.25, 0.3) is 0 Å². The van der Waals surface area contributed by atoms with E-state index < -0.39 is 5.97 Å². The second kappa shape index (κ2) is 6.89. The Morgan fingerprint density at radius 3 is 2.48 bits per heavy atom. The fourth-order valence-electron chi connectivity index (χ4n) is 2.71. The highest BCUT2D eigenvalue weighted by atomic mass is 16.4. The smallest absolute Gasteiger partial charge is 0.335 e. The lowest BCUT2D eigenvalue weighted by molar-refractivity contribution is 0.0696. The van der Waals surface area contributed by atoms with E-state index in [1.165, 1.54) is 0 Å². The summed E-state index contributed by atoms with van der Waals surface area (Å²) in [7, 11) is 0. The molecule has 0 atom stereocenters. The van der Waals surface area contributed by atoms with E-state index in [2.05, 4.69) is 35.6 Å². The van der Waals surface area contributed by atoms with E-state index in [1.807, 2.05) is 0 Å². The number of rotatable bonds is 5. The summed E-state index contributed by atoms with van der Waals surface area (Å²) in [6.07, 6.45) is 1.79. The number of carboxylic acid groups (broad SMARTS) is 1. The molecule has 5 nitrogen and oxygen atoms in total. The zero-order valence-electron chi connectivity index (χ0n) is 13.2. The number of pyridine rings is 1. The SMILES string of the molecule is CCCc1cc(C(=O)O)cc(N2CCN(C(C)C)CC2)n1. The Morgan fingerprint density at radius 1 is 1.29 bits per heavy atom. The lowest BCUT2D eigenvalue weighted by Gasteiger charge is -2.37. The maximum Gasteiger partial charge on any atom is 0.335 e. The van der Waals surface area contributed by atoms with Crippen LogP contribution in [0.2, 0.25) is 0 Å². The standard InChI is InChI=1S/C16H25N3O2/c1-4-5-14-10-13(16(20)21)11-15(17-14)19-8-6-18(7-9-19)12(2)3/h10-12H,4-9H2,1-3H3,(H,20,21). The molecule has 2 heterocycles. The van der Waals surface area contributed by atoms with Crippen LogP contribution < -0.4 is 4.90 Å². The average molecular weight is 291 g/mol. The van der Waals surface area contributed by atoms with Crippen molar-refractivity contribution < 1.29 is 9.90 Å². The van der Waals surface area contributed by atoms with Crippen LogP contribution in [0.4, 0.5) is 5.82 Å². The maximum absolute atomic E-state index is 11.3. The number of carboxylic acids is 1. The Kier molecular flexibility index (Phi) is 5.17. The van der Waals surface area contributed by atoms with Gasteiger partial charge < -0.3 is 10.0 Å². The van der Waals surface area contributed by atoms with E-state index in [-0.39, 0.29) is 0 Å². The molecule has 0 aliphatic carbocycles. The van der Waals surface area contributed by atoms with Crippen molar-refractivity contribution in [3.05, 3.63) is 23.4 Å².